The molecule has 0 amide bonds. The average Bonchev–Trinajstić information content (AvgIpc) is 2.55. The average molecular weight is 406 g/mol. The van der Waals surface area contributed by atoms with Crippen LogP contribution in [0.3, 0.4) is 0 Å². The number of alkyl halides is 3. The van der Waals surface area contributed by atoms with E-state index in [1.807, 2.05) is 0 Å². The van der Waals surface area contributed by atoms with Gasteiger partial charge in [-0.15, -0.1) is 0 Å². The number of halogens is 5. The highest BCUT2D eigenvalue weighted by atomic mass is 32.2. The minimum absolute atomic E-state index is 0.0704. The normalized spacial score (nSPS) is 14.9. The SMILES string of the molecule is C[C@H](N[S@@](=O)C(C)(C)C)c1cc(F)c(-c2ccnc(C(F)(F)F)c2)cc1F. The molecule has 0 fully saturated rings. The molecule has 3 nitrogen and oxygen atoms in total. The predicted octanol–water partition coefficient (Wildman–Crippen LogP) is 5.16. The standard InChI is InChI=1S/C18H19F5N2OS/c1-10(25-27(26)17(2,3)4)12-8-15(20)13(9-14(12)19)11-5-6-24-16(7-11)18(21,22)23/h5-10,25H,1-4H3/t10-,27-/m0/s1. The number of nitrogens with one attached hydrogen (secondary N) is 1. The summed E-state index contributed by atoms with van der Waals surface area (Å²) < 4.78 is 81.6. The molecule has 1 aromatic heterocycles. The second kappa shape index (κ2) is 7.63. The smallest absolute Gasteiger partial charge is 0.252 e. The van der Waals surface area contributed by atoms with Gasteiger partial charge in [-0.3, -0.25) is 4.98 Å². The van der Waals surface area contributed by atoms with Crippen molar-refractivity contribution in [2.24, 2.45) is 0 Å². The van der Waals surface area contributed by atoms with Crippen molar-refractivity contribution >= 4 is 11.0 Å². The minimum atomic E-state index is -4.69. The van der Waals surface area contributed by atoms with Crippen LogP contribution < -0.4 is 4.72 Å². The van der Waals surface area contributed by atoms with E-state index in [-0.39, 0.29) is 16.7 Å². The number of hydrogen-bond donors (Lipinski definition) is 1. The van der Waals surface area contributed by atoms with Crippen molar-refractivity contribution in [3.63, 3.8) is 0 Å². The zero-order valence-electron chi connectivity index (χ0n) is 15.1. The van der Waals surface area contributed by atoms with Gasteiger partial charge < -0.3 is 0 Å². The van der Waals surface area contributed by atoms with Gasteiger partial charge in [0.25, 0.3) is 0 Å². The topological polar surface area (TPSA) is 42.0 Å². The van der Waals surface area contributed by atoms with E-state index in [4.69, 9.17) is 0 Å². The largest absolute Gasteiger partial charge is 0.433 e. The van der Waals surface area contributed by atoms with Gasteiger partial charge in [0.15, 0.2) is 0 Å². The van der Waals surface area contributed by atoms with E-state index < -0.39 is 45.3 Å². The van der Waals surface area contributed by atoms with E-state index in [1.54, 1.807) is 20.8 Å². The Balaban J connectivity index is 2.39. The summed E-state index contributed by atoms with van der Waals surface area (Å²) in [6.07, 6.45) is -3.81. The molecule has 27 heavy (non-hydrogen) atoms. The second-order valence-electron chi connectivity index (χ2n) is 7.00. The molecule has 0 aliphatic rings. The Morgan fingerprint density at radius 1 is 1.07 bits per heavy atom. The summed E-state index contributed by atoms with van der Waals surface area (Å²) >= 11 is 0. The van der Waals surface area contributed by atoms with Gasteiger partial charge in [-0.1, -0.05) is 0 Å². The maximum absolute atomic E-state index is 14.5. The molecule has 0 bridgehead atoms. The van der Waals surface area contributed by atoms with Crippen LogP contribution in [0.2, 0.25) is 0 Å². The third-order valence-electron chi connectivity index (χ3n) is 3.75. The van der Waals surface area contributed by atoms with Crippen molar-refractivity contribution in [1.29, 1.82) is 0 Å². The Labute approximate surface area is 156 Å². The van der Waals surface area contributed by atoms with Gasteiger partial charge in [0.2, 0.25) is 0 Å². The van der Waals surface area contributed by atoms with Crippen LogP contribution in [-0.4, -0.2) is 13.9 Å². The summed E-state index contributed by atoms with van der Waals surface area (Å²) in [5, 5.41) is 0. The molecule has 1 aromatic carbocycles. The summed E-state index contributed by atoms with van der Waals surface area (Å²) in [5.74, 6) is -1.71. The molecule has 0 unspecified atom stereocenters. The zero-order chi connectivity index (χ0) is 20.6. The lowest BCUT2D eigenvalue weighted by Gasteiger charge is -2.22. The van der Waals surface area contributed by atoms with Crippen LogP contribution in [0.15, 0.2) is 30.5 Å². The van der Waals surface area contributed by atoms with Gasteiger partial charge in [0.05, 0.1) is 15.7 Å². The number of aromatic nitrogens is 1. The Bertz CT molecular complexity index is 862. The molecule has 148 valence electrons. The van der Waals surface area contributed by atoms with Gasteiger partial charge in [0, 0.05) is 23.4 Å². The first-order valence-electron chi connectivity index (χ1n) is 8.01. The molecule has 0 saturated heterocycles. The van der Waals surface area contributed by atoms with Crippen molar-refractivity contribution in [3.8, 4) is 11.1 Å². The van der Waals surface area contributed by atoms with E-state index >= 15 is 0 Å². The predicted molar refractivity (Wildman–Crippen MR) is 94.0 cm³/mol. The molecule has 1 heterocycles. The summed E-state index contributed by atoms with van der Waals surface area (Å²) in [6.45, 7) is 6.70. The van der Waals surface area contributed by atoms with E-state index in [9.17, 15) is 26.2 Å². The minimum Gasteiger partial charge on any atom is -0.252 e. The van der Waals surface area contributed by atoms with Crippen molar-refractivity contribution in [2.45, 2.75) is 44.7 Å². The molecular formula is C18H19F5N2OS. The number of nitrogens with zero attached hydrogens (tertiary/aromatic N) is 1. The highest BCUT2D eigenvalue weighted by molar-refractivity contribution is 7.84. The van der Waals surface area contributed by atoms with Crippen molar-refractivity contribution in [3.05, 3.63) is 53.4 Å². The molecule has 0 saturated carbocycles. The summed E-state index contributed by atoms with van der Waals surface area (Å²) in [7, 11) is -1.51. The maximum Gasteiger partial charge on any atom is 0.433 e. The molecule has 9 heteroatoms. The lowest BCUT2D eigenvalue weighted by atomic mass is 10.00. The van der Waals surface area contributed by atoms with Crippen molar-refractivity contribution < 1.29 is 26.2 Å². The Kier molecular flexibility index (Phi) is 6.06. The van der Waals surface area contributed by atoms with Gasteiger partial charge in [0.1, 0.15) is 17.3 Å². The lowest BCUT2D eigenvalue weighted by molar-refractivity contribution is -0.141. The fourth-order valence-corrected chi connectivity index (χ4v) is 3.07. The van der Waals surface area contributed by atoms with E-state index in [1.165, 1.54) is 13.0 Å². The molecule has 0 radical (unpaired) electrons. The van der Waals surface area contributed by atoms with Crippen LogP contribution in [0.4, 0.5) is 22.0 Å². The fourth-order valence-electron chi connectivity index (χ4n) is 2.27. The molecule has 2 aromatic rings. The van der Waals surface area contributed by atoms with E-state index in [2.05, 4.69) is 9.71 Å². The van der Waals surface area contributed by atoms with Crippen LogP contribution in [0.5, 0.6) is 0 Å². The van der Waals surface area contributed by atoms with E-state index in [0.29, 0.717) is 6.07 Å². The fraction of sp³-hybridized carbons (Fsp3) is 0.389. The Morgan fingerprint density at radius 2 is 1.70 bits per heavy atom. The van der Waals surface area contributed by atoms with E-state index in [0.717, 1.165) is 18.3 Å². The Hall–Kier alpha value is -1.87. The van der Waals surface area contributed by atoms with Gasteiger partial charge in [-0.2, -0.15) is 13.2 Å². The van der Waals surface area contributed by atoms with Crippen molar-refractivity contribution in [1.82, 2.24) is 9.71 Å². The third-order valence-corrected chi connectivity index (χ3v) is 5.43. The molecule has 2 atom stereocenters. The first-order valence-corrected chi connectivity index (χ1v) is 9.16. The lowest BCUT2D eigenvalue weighted by Crippen LogP contribution is -2.35. The van der Waals surface area contributed by atoms with Crippen LogP contribution in [0, 0.1) is 11.6 Å². The first kappa shape index (κ1) is 21.4. The van der Waals surface area contributed by atoms with Gasteiger partial charge in [-0.05, 0) is 57.5 Å². The third kappa shape index (κ3) is 5.10. The van der Waals surface area contributed by atoms with Crippen LogP contribution in [-0.2, 0) is 17.2 Å². The zero-order valence-corrected chi connectivity index (χ0v) is 15.9. The number of pyridine rings is 1. The van der Waals surface area contributed by atoms with Gasteiger partial charge in [-0.25, -0.2) is 17.7 Å². The quantitative estimate of drug-likeness (QED) is 0.713. The first-order chi connectivity index (χ1) is 12.3. The maximum atomic E-state index is 14.5. The number of hydrogen-bond acceptors (Lipinski definition) is 2. The molecular weight excluding hydrogens is 387 g/mol. The molecule has 1 N–H and O–H groups in total. The van der Waals surface area contributed by atoms with Crippen molar-refractivity contribution in [2.75, 3.05) is 0 Å². The second-order valence-corrected chi connectivity index (χ2v) is 9.00. The van der Waals surface area contributed by atoms with Crippen LogP contribution in [0.25, 0.3) is 11.1 Å². The summed E-state index contributed by atoms with van der Waals surface area (Å²) in [4.78, 5) is 3.20. The number of benzene rings is 1. The monoisotopic (exact) mass is 406 g/mol. The summed E-state index contributed by atoms with van der Waals surface area (Å²) in [5.41, 5.74) is -1.72. The van der Waals surface area contributed by atoms with Gasteiger partial charge >= 0.3 is 6.18 Å². The summed E-state index contributed by atoms with van der Waals surface area (Å²) in [6, 6.07) is 2.79. The number of rotatable bonds is 4. The molecule has 0 spiro atoms. The molecule has 0 aliphatic carbocycles. The molecule has 0 aliphatic heterocycles. The van der Waals surface area contributed by atoms with Crippen LogP contribution in [0.1, 0.15) is 45.0 Å². The Morgan fingerprint density at radius 3 is 2.26 bits per heavy atom. The van der Waals surface area contributed by atoms with Crippen LogP contribution >= 0.6 is 0 Å². The highest BCUT2D eigenvalue weighted by Crippen LogP contribution is 2.33. The highest BCUT2D eigenvalue weighted by Gasteiger charge is 2.33. The molecule has 2 rings (SSSR count).